The van der Waals surface area contributed by atoms with Gasteiger partial charge >= 0.3 is 0 Å². The minimum Gasteiger partial charge on any atom is -0.489 e. The Kier molecular flexibility index (Phi) is 4.87. The van der Waals surface area contributed by atoms with Crippen LogP contribution in [0.5, 0.6) is 5.75 Å². The molecule has 0 aliphatic carbocycles. The molecular weight excluding hydrogens is 276 g/mol. The van der Waals surface area contributed by atoms with E-state index in [1.165, 1.54) is 6.07 Å². The van der Waals surface area contributed by atoms with E-state index in [1.54, 1.807) is 12.1 Å². The molecule has 21 heavy (non-hydrogen) atoms. The summed E-state index contributed by atoms with van der Waals surface area (Å²) in [5.41, 5.74) is 6.61. The van der Waals surface area contributed by atoms with Gasteiger partial charge in [0.05, 0.1) is 0 Å². The monoisotopic (exact) mass is 291 g/mol. The molecule has 0 spiro atoms. The van der Waals surface area contributed by atoms with Crippen LogP contribution in [0.25, 0.3) is 0 Å². The summed E-state index contributed by atoms with van der Waals surface area (Å²) in [6, 6.07) is 10.8. The zero-order valence-corrected chi connectivity index (χ0v) is 11.3. The number of benzene rings is 2. The van der Waals surface area contributed by atoms with Crippen molar-refractivity contribution < 1.29 is 18.3 Å². The lowest BCUT2D eigenvalue weighted by Crippen LogP contribution is -2.11. The van der Waals surface area contributed by atoms with E-state index in [0.29, 0.717) is 24.2 Å². The van der Waals surface area contributed by atoms with E-state index >= 15 is 0 Å². The van der Waals surface area contributed by atoms with Gasteiger partial charge in [-0.15, -0.1) is 0 Å². The summed E-state index contributed by atoms with van der Waals surface area (Å²) in [5.74, 6) is -1.49. The van der Waals surface area contributed by atoms with Crippen molar-refractivity contribution >= 4 is 5.91 Å². The topological polar surface area (TPSA) is 52.3 Å². The lowest BCUT2D eigenvalue weighted by Gasteiger charge is -2.07. The molecule has 0 bridgehead atoms. The highest BCUT2D eigenvalue weighted by atomic mass is 19.2. The van der Waals surface area contributed by atoms with Crippen molar-refractivity contribution in [2.45, 2.75) is 19.4 Å². The van der Waals surface area contributed by atoms with Gasteiger partial charge in [-0.2, -0.15) is 0 Å². The summed E-state index contributed by atoms with van der Waals surface area (Å²) >= 11 is 0. The maximum absolute atomic E-state index is 13.0. The maximum atomic E-state index is 13.0. The normalized spacial score (nSPS) is 10.4. The predicted molar refractivity (Wildman–Crippen MR) is 74.6 cm³/mol. The van der Waals surface area contributed by atoms with Crippen molar-refractivity contribution in [2.24, 2.45) is 5.73 Å². The molecule has 0 aliphatic heterocycles. The number of primary amides is 1. The number of rotatable bonds is 6. The molecule has 3 nitrogen and oxygen atoms in total. The second-order valence-corrected chi connectivity index (χ2v) is 4.65. The summed E-state index contributed by atoms with van der Waals surface area (Å²) in [6.45, 7) is 0.151. The molecule has 110 valence electrons. The first-order valence-electron chi connectivity index (χ1n) is 6.48. The summed E-state index contributed by atoms with van der Waals surface area (Å²) in [7, 11) is 0. The lowest BCUT2D eigenvalue weighted by atomic mass is 10.1. The Labute approximate surface area is 121 Å². The van der Waals surface area contributed by atoms with Crippen molar-refractivity contribution in [2.75, 3.05) is 0 Å². The first-order chi connectivity index (χ1) is 10.0. The minimum atomic E-state index is -0.891. The van der Waals surface area contributed by atoms with Crippen LogP contribution in [0.2, 0.25) is 0 Å². The van der Waals surface area contributed by atoms with Crippen LogP contribution in [0.15, 0.2) is 42.5 Å². The molecule has 0 fully saturated rings. The Bertz CT molecular complexity index is 627. The van der Waals surface area contributed by atoms with E-state index in [4.69, 9.17) is 10.5 Å². The minimum absolute atomic E-state index is 0.151. The highest BCUT2D eigenvalue weighted by Crippen LogP contribution is 2.16. The smallest absolute Gasteiger partial charge is 0.217 e. The molecule has 2 aromatic carbocycles. The van der Waals surface area contributed by atoms with E-state index in [9.17, 15) is 13.6 Å². The molecule has 0 heterocycles. The molecule has 0 aliphatic rings. The third-order valence-electron chi connectivity index (χ3n) is 2.97. The fourth-order valence-corrected chi connectivity index (χ4v) is 1.82. The molecule has 0 atom stereocenters. The summed E-state index contributed by atoms with van der Waals surface area (Å²) in [6.07, 6.45) is 0.883. The SMILES string of the molecule is NC(=O)CCc1ccc(OCc2ccc(F)c(F)c2)cc1. The summed E-state index contributed by atoms with van der Waals surface area (Å²) < 4.78 is 31.3. The van der Waals surface area contributed by atoms with Crippen molar-refractivity contribution in [3.8, 4) is 5.75 Å². The highest BCUT2D eigenvalue weighted by molar-refractivity contribution is 5.74. The van der Waals surface area contributed by atoms with Crippen molar-refractivity contribution in [3.63, 3.8) is 0 Å². The number of amides is 1. The third-order valence-corrected chi connectivity index (χ3v) is 2.97. The molecule has 1 amide bonds. The lowest BCUT2D eigenvalue weighted by molar-refractivity contribution is -0.117. The Balaban J connectivity index is 1.91. The van der Waals surface area contributed by atoms with Gasteiger partial charge in [0.25, 0.3) is 0 Å². The van der Waals surface area contributed by atoms with Gasteiger partial charge < -0.3 is 10.5 Å². The average molecular weight is 291 g/mol. The van der Waals surface area contributed by atoms with Gasteiger partial charge in [0, 0.05) is 6.42 Å². The zero-order chi connectivity index (χ0) is 15.2. The van der Waals surface area contributed by atoms with Crippen LogP contribution in [0.3, 0.4) is 0 Å². The van der Waals surface area contributed by atoms with Gasteiger partial charge in [-0.25, -0.2) is 8.78 Å². The van der Waals surface area contributed by atoms with Crippen LogP contribution in [0, 0.1) is 11.6 Å². The van der Waals surface area contributed by atoms with E-state index in [-0.39, 0.29) is 12.5 Å². The van der Waals surface area contributed by atoms with Crippen molar-refractivity contribution in [1.29, 1.82) is 0 Å². The molecule has 0 aromatic heterocycles. The molecule has 5 heteroatoms. The van der Waals surface area contributed by atoms with Gasteiger partial charge in [0.1, 0.15) is 12.4 Å². The van der Waals surface area contributed by atoms with Crippen LogP contribution in [-0.2, 0) is 17.8 Å². The number of carbonyl (C=O) groups is 1. The first kappa shape index (κ1) is 15.0. The summed E-state index contributed by atoms with van der Waals surface area (Å²) in [4.78, 5) is 10.7. The first-order valence-corrected chi connectivity index (χ1v) is 6.48. The number of nitrogens with two attached hydrogens (primary N) is 1. The fraction of sp³-hybridized carbons (Fsp3) is 0.188. The second kappa shape index (κ2) is 6.83. The molecule has 0 saturated heterocycles. The number of aryl methyl sites for hydroxylation is 1. The van der Waals surface area contributed by atoms with Crippen molar-refractivity contribution in [3.05, 3.63) is 65.2 Å². The van der Waals surface area contributed by atoms with E-state index < -0.39 is 11.6 Å². The van der Waals surface area contributed by atoms with Crippen LogP contribution >= 0.6 is 0 Å². The number of carbonyl (C=O) groups excluding carboxylic acids is 1. The number of ether oxygens (including phenoxy) is 1. The standard InChI is InChI=1S/C16H15F2NO2/c17-14-7-3-12(9-15(14)18)10-21-13-5-1-11(2-6-13)4-8-16(19)20/h1-3,5-7,9H,4,8,10H2,(H2,19,20). The Morgan fingerprint density at radius 2 is 1.67 bits per heavy atom. The van der Waals surface area contributed by atoms with Gasteiger partial charge in [-0.05, 0) is 41.8 Å². The van der Waals surface area contributed by atoms with Crippen LogP contribution in [-0.4, -0.2) is 5.91 Å². The zero-order valence-electron chi connectivity index (χ0n) is 11.3. The molecule has 0 saturated carbocycles. The van der Waals surface area contributed by atoms with E-state index in [2.05, 4.69) is 0 Å². The maximum Gasteiger partial charge on any atom is 0.217 e. The third kappa shape index (κ3) is 4.56. The van der Waals surface area contributed by atoms with Gasteiger partial charge in [-0.1, -0.05) is 18.2 Å². The molecule has 0 unspecified atom stereocenters. The molecule has 2 rings (SSSR count). The van der Waals surface area contributed by atoms with Gasteiger partial charge in [-0.3, -0.25) is 4.79 Å². The van der Waals surface area contributed by atoms with Crippen LogP contribution in [0.4, 0.5) is 8.78 Å². The van der Waals surface area contributed by atoms with E-state index in [1.807, 2.05) is 12.1 Å². The Morgan fingerprint density at radius 1 is 1.00 bits per heavy atom. The highest BCUT2D eigenvalue weighted by Gasteiger charge is 2.03. The molecular formula is C16H15F2NO2. The molecule has 0 radical (unpaired) electrons. The van der Waals surface area contributed by atoms with Crippen LogP contribution in [0.1, 0.15) is 17.5 Å². The second-order valence-electron chi connectivity index (χ2n) is 4.65. The average Bonchev–Trinajstić information content (AvgIpc) is 2.47. The number of hydrogen-bond donors (Lipinski definition) is 1. The van der Waals surface area contributed by atoms with Gasteiger partial charge in [0.2, 0.25) is 5.91 Å². The van der Waals surface area contributed by atoms with Gasteiger partial charge in [0.15, 0.2) is 11.6 Å². The largest absolute Gasteiger partial charge is 0.489 e. The molecule has 2 aromatic rings. The number of halogens is 2. The fourth-order valence-electron chi connectivity index (χ4n) is 1.82. The van der Waals surface area contributed by atoms with Crippen molar-refractivity contribution in [1.82, 2.24) is 0 Å². The predicted octanol–water partition coefficient (Wildman–Crippen LogP) is 2.96. The quantitative estimate of drug-likeness (QED) is 0.889. The Morgan fingerprint density at radius 3 is 2.29 bits per heavy atom. The van der Waals surface area contributed by atoms with Crippen LogP contribution < -0.4 is 10.5 Å². The Hall–Kier alpha value is -2.43. The molecule has 2 N–H and O–H groups in total. The van der Waals surface area contributed by atoms with E-state index in [0.717, 1.165) is 17.7 Å². The number of hydrogen-bond acceptors (Lipinski definition) is 2. The summed E-state index contributed by atoms with van der Waals surface area (Å²) in [5, 5.41) is 0.